The molecule has 0 unspecified atom stereocenters. The molecule has 0 amide bonds. The third kappa shape index (κ3) is 8.31. The van der Waals surface area contributed by atoms with E-state index in [0.29, 0.717) is 0 Å². The highest BCUT2D eigenvalue weighted by Gasteiger charge is 2.15. The lowest BCUT2D eigenvalue weighted by atomic mass is 9.97. The maximum Gasteiger partial charge on any atom is 0.0351 e. The van der Waals surface area contributed by atoms with Crippen molar-refractivity contribution in [2.75, 3.05) is 14.2 Å². The number of allylic oxidation sites excluding steroid dienone is 1. The second kappa shape index (κ2) is 12.7. The fourth-order valence-electron chi connectivity index (χ4n) is 1.62. The van der Waals surface area contributed by atoms with Crippen LogP contribution in [0, 0.1) is 5.92 Å². The van der Waals surface area contributed by atoms with Crippen LogP contribution < -0.4 is 0 Å². The first-order valence-electron chi connectivity index (χ1n) is 5.84. The molecular formula is C13H28O. The van der Waals surface area contributed by atoms with Crippen LogP contribution in [0.1, 0.15) is 52.9 Å². The van der Waals surface area contributed by atoms with Crippen LogP contribution in [0.15, 0.2) is 12.2 Å². The second-order valence-corrected chi connectivity index (χ2v) is 3.40. The third-order valence-electron chi connectivity index (χ3n) is 2.39. The van der Waals surface area contributed by atoms with Crippen molar-refractivity contribution in [3.8, 4) is 0 Å². The summed E-state index contributed by atoms with van der Waals surface area (Å²) in [6.07, 6.45) is 6.87. The minimum Gasteiger partial charge on any atom is -0.388 e. The Bertz CT molecular complexity index is 112. The summed E-state index contributed by atoms with van der Waals surface area (Å²) in [5.41, 5.74) is 1.48. The van der Waals surface area contributed by atoms with Gasteiger partial charge in [-0.15, -0.1) is 0 Å². The molecule has 1 heteroatoms. The number of ether oxygens (including phenoxy) is 1. The number of hydrogen-bond acceptors (Lipinski definition) is 1. The van der Waals surface area contributed by atoms with E-state index in [2.05, 4.69) is 18.2 Å². The Morgan fingerprint density at radius 1 is 1.21 bits per heavy atom. The largest absolute Gasteiger partial charge is 0.388 e. The van der Waals surface area contributed by atoms with E-state index in [4.69, 9.17) is 0 Å². The van der Waals surface area contributed by atoms with Crippen molar-refractivity contribution in [3.05, 3.63) is 12.2 Å². The van der Waals surface area contributed by atoms with Crippen molar-refractivity contribution >= 4 is 0 Å². The van der Waals surface area contributed by atoms with Gasteiger partial charge in [0.05, 0.1) is 0 Å². The molecule has 0 aromatic carbocycles. The lowest BCUT2D eigenvalue weighted by Gasteiger charge is -2.08. The molecule has 1 aliphatic carbocycles. The van der Waals surface area contributed by atoms with Gasteiger partial charge in [0, 0.05) is 14.2 Å². The van der Waals surface area contributed by atoms with Crippen LogP contribution in [-0.2, 0) is 4.74 Å². The van der Waals surface area contributed by atoms with Crippen molar-refractivity contribution in [2.45, 2.75) is 52.9 Å². The highest BCUT2D eigenvalue weighted by molar-refractivity contribution is 5.01. The van der Waals surface area contributed by atoms with Crippen LogP contribution in [0.25, 0.3) is 0 Å². The van der Waals surface area contributed by atoms with Crippen molar-refractivity contribution < 1.29 is 4.74 Å². The van der Waals surface area contributed by atoms with E-state index >= 15 is 0 Å². The van der Waals surface area contributed by atoms with E-state index in [9.17, 15) is 0 Å². The average Bonchev–Trinajstić information content (AvgIpc) is 2.74. The zero-order valence-electron chi connectivity index (χ0n) is 10.7. The third-order valence-corrected chi connectivity index (χ3v) is 2.39. The fraction of sp³-hybridized carbons (Fsp3) is 0.846. The maximum atomic E-state index is 4.25. The van der Waals surface area contributed by atoms with Gasteiger partial charge in [-0.05, 0) is 25.2 Å². The molecule has 0 bridgehead atoms. The molecule has 0 radical (unpaired) electrons. The van der Waals surface area contributed by atoms with Gasteiger partial charge in [0.15, 0.2) is 0 Å². The van der Waals surface area contributed by atoms with E-state index in [1.807, 2.05) is 13.8 Å². The highest BCUT2D eigenvalue weighted by atomic mass is 16.4. The summed E-state index contributed by atoms with van der Waals surface area (Å²) >= 11 is 0. The number of methoxy groups -OCH3 is 1. The second-order valence-electron chi connectivity index (χ2n) is 3.40. The Kier molecular flexibility index (Phi) is 14.6. The Morgan fingerprint density at radius 3 is 1.86 bits per heavy atom. The predicted octanol–water partition coefficient (Wildman–Crippen LogP) is 4.43. The molecule has 0 aromatic heterocycles. The van der Waals surface area contributed by atoms with Gasteiger partial charge in [-0.2, -0.15) is 0 Å². The molecule has 0 aromatic rings. The summed E-state index contributed by atoms with van der Waals surface area (Å²) in [5, 5.41) is 0. The zero-order chi connectivity index (χ0) is 11.4. The molecule has 86 valence electrons. The SMILES string of the molecule is C=C(CC)C1CCCC1.CC.COC. The van der Waals surface area contributed by atoms with Crippen molar-refractivity contribution in [3.63, 3.8) is 0 Å². The van der Waals surface area contributed by atoms with Gasteiger partial charge < -0.3 is 4.74 Å². The van der Waals surface area contributed by atoms with E-state index in [0.717, 1.165) is 5.92 Å². The zero-order valence-corrected chi connectivity index (χ0v) is 10.7. The molecule has 14 heavy (non-hydrogen) atoms. The van der Waals surface area contributed by atoms with Gasteiger partial charge in [-0.1, -0.05) is 45.8 Å². The van der Waals surface area contributed by atoms with E-state index in [1.165, 1.54) is 37.7 Å². The lowest BCUT2D eigenvalue weighted by Crippen LogP contribution is -1.94. The summed E-state index contributed by atoms with van der Waals surface area (Å²) in [4.78, 5) is 0. The first-order valence-corrected chi connectivity index (χ1v) is 5.84. The van der Waals surface area contributed by atoms with Crippen LogP contribution in [0.5, 0.6) is 0 Å². The summed E-state index contributed by atoms with van der Waals surface area (Å²) in [7, 11) is 3.25. The van der Waals surface area contributed by atoms with Crippen LogP contribution in [-0.4, -0.2) is 14.2 Å². The molecule has 0 heterocycles. The summed E-state index contributed by atoms with van der Waals surface area (Å²) in [5.74, 6) is 0.884. The normalized spacial score (nSPS) is 14.9. The van der Waals surface area contributed by atoms with Gasteiger partial charge in [0.25, 0.3) is 0 Å². The van der Waals surface area contributed by atoms with Gasteiger partial charge in [0.1, 0.15) is 0 Å². The Labute approximate surface area is 90.5 Å². The molecule has 0 atom stereocenters. The van der Waals surface area contributed by atoms with Gasteiger partial charge >= 0.3 is 0 Å². The van der Waals surface area contributed by atoms with Crippen LogP contribution in [0.2, 0.25) is 0 Å². The van der Waals surface area contributed by atoms with Crippen molar-refractivity contribution in [1.29, 1.82) is 0 Å². The molecule has 0 saturated heterocycles. The topological polar surface area (TPSA) is 9.23 Å². The van der Waals surface area contributed by atoms with E-state index in [-0.39, 0.29) is 0 Å². The minimum atomic E-state index is 0.884. The Morgan fingerprint density at radius 2 is 1.57 bits per heavy atom. The van der Waals surface area contributed by atoms with Crippen molar-refractivity contribution in [1.82, 2.24) is 0 Å². The van der Waals surface area contributed by atoms with Gasteiger partial charge in [-0.25, -0.2) is 0 Å². The summed E-state index contributed by atoms with van der Waals surface area (Å²) < 4.78 is 4.25. The number of rotatable bonds is 2. The molecule has 1 aliphatic rings. The van der Waals surface area contributed by atoms with Crippen LogP contribution in [0.3, 0.4) is 0 Å². The van der Waals surface area contributed by atoms with E-state index < -0.39 is 0 Å². The summed E-state index contributed by atoms with van der Waals surface area (Å²) in [6, 6.07) is 0. The molecule has 1 fully saturated rings. The molecule has 0 N–H and O–H groups in total. The number of hydrogen-bond donors (Lipinski definition) is 0. The quantitative estimate of drug-likeness (QED) is 0.599. The average molecular weight is 200 g/mol. The van der Waals surface area contributed by atoms with Crippen LogP contribution >= 0.6 is 0 Å². The van der Waals surface area contributed by atoms with E-state index in [1.54, 1.807) is 14.2 Å². The molecule has 1 nitrogen and oxygen atoms in total. The summed E-state index contributed by atoms with van der Waals surface area (Å²) in [6.45, 7) is 10.3. The molecular weight excluding hydrogens is 172 g/mol. The lowest BCUT2D eigenvalue weighted by molar-refractivity contribution is 0.277. The van der Waals surface area contributed by atoms with Crippen molar-refractivity contribution in [2.24, 2.45) is 5.92 Å². The predicted molar refractivity (Wildman–Crippen MR) is 65.7 cm³/mol. The first kappa shape index (κ1) is 16.1. The van der Waals surface area contributed by atoms with Gasteiger partial charge in [0.2, 0.25) is 0 Å². The van der Waals surface area contributed by atoms with Crippen LogP contribution in [0.4, 0.5) is 0 Å². The standard InChI is InChI=1S/C9H16.C2H6O.C2H6/c1-3-8(2)9-6-4-5-7-9;1-3-2;1-2/h9H,2-7H2,1H3;1-2H3;1-2H3. The van der Waals surface area contributed by atoms with Gasteiger partial charge in [-0.3, -0.25) is 0 Å². The maximum absolute atomic E-state index is 4.25. The Hall–Kier alpha value is -0.300. The monoisotopic (exact) mass is 200 g/mol. The molecule has 1 saturated carbocycles. The minimum absolute atomic E-state index is 0.884. The highest BCUT2D eigenvalue weighted by Crippen LogP contribution is 2.31. The Balaban J connectivity index is 0. The molecule has 0 aliphatic heterocycles. The molecule has 0 spiro atoms. The smallest absolute Gasteiger partial charge is 0.0351 e. The molecule has 1 rings (SSSR count). The first-order chi connectivity index (χ1) is 6.76. The fourth-order valence-corrected chi connectivity index (χ4v) is 1.62.